The third kappa shape index (κ3) is 7.95. The van der Waals surface area contributed by atoms with E-state index in [9.17, 15) is 13.2 Å². The molecule has 0 aliphatic heterocycles. The molecule has 0 radical (unpaired) electrons. The van der Waals surface area contributed by atoms with E-state index in [1.165, 1.54) is 4.31 Å². The van der Waals surface area contributed by atoms with Crippen molar-refractivity contribution in [1.29, 1.82) is 0 Å². The summed E-state index contributed by atoms with van der Waals surface area (Å²) in [4.78, 5) is 11.8. The van der Waals surface area contributed by atoms with Gasteiger partial charge in [0.25, 0.3) is 5.91 Å². The zero-order chi connectivity index (χ0) is 21.3. The number of sulfonamides is 1. The first-order chi connectivity index (χ1) is 13.8. The minimum absolute atomic E-state index is 0.0773. The Labute approximate surface area is 177 Å². The first-order valence-electron chi connectivity index (χ1n) is 9.51. The van der Waals surface area contributed by atoms with Crippen LogP contribution in [-0.4, -0.2) is 33.7 Å². The third-order valence-electron chi connectivity index (χ3n) is 4.24. The lowest BCUT2D eigenvalue weighted by Crippen LogP contribution is -2.30. The molecule has 8 heteroatoms. The van der Waals surface area contributed by atoms with E-state index in [1.54, 1.807) is 48.5 Å². The van der Waals surface area contributed by atoms with Crippen LogP contribution < -0.4 is 14.4 Å². The number of halogens is 1. The molecule has 0 heterocycles. The molecule has 0 unspecified atom stereocenters. The molecule has 0 aromatic heterocycles. The van der Waals surface area contributed by atoms with Crippen LogP contribution in [0.15, 0.2) is 48.5 Å². The minimum Gasteiger partial charge on any atom is -0.484 e. The highest BCUT2D eigenvalue weighted by Gasteiger charge is 2.18. The molecular formula is C21H27ClN2O4S. The van der Waals surface area contributed by atoms with Crippen molar-refractivity contribution < 1.29 is 17.9 Å². The van der Waals surface area contributed by atoms with Crippen molar-refractivity contribution in [2.24, 2.45) is 0 Å². The van der Waals surface area contributed by atoms with Crippen molar-refractivity contribution in [1.82, 2.24) is 5.32 Å². The molecule has 2 rings (SSSR count). The molecule has 0 saturated carbocycles. The van der Waals surface area contributed by atoms with Gasteiger partial charge in [0.1, 0.15) is 5.75 Å². The fraction of sp³-hybridized carbons (Fsp3) is 0.381. The fourth-order valence-electron chi connectivity index (χ4n) is 2.67. The van der Waals surface area contributed by atoms with Gasteiger partial charge in [0.15, 0.2) is 6.61 Å². The summed E-state index contributed by atoms with van der Waals surface area (Å²) in [6, 6.07) is 13.6. The molecule has 1 amide bonds. The number of nitrogens with one attached hydrogen (secondary N) is 1. The Kier molecular flexibility index (Phi) is 8.79. The second kappa shape index (κ2) is 11.1. The number of nitrogens with zero attached hydrogens (tertiary/aromatic N) is 1. The van der Waals surface area contributed by atoms with Crippen LogP contribution in [0.5, 0.6) is 5.75 Å². The molecule has 0 bridgehead atoms. The number of carbonyl (C=O) groups excluding carboxylic acids is 1. The average Bonchev–Trinajstić information content (AvgIpc) is 2.69. The second-order valence-electron chi connectivity index (χ2n) is 6.74. The monoisotopic (exact) mass is 438 g/mol. The number of hydrogen-bond acceptors (Lipinski definition) is 4. The van der Waals surface area contributed by atoms with Crippen LogP contribution >= 0.6 is 11.6 Å². The smallest absolute Gasteiger partial charge is 0.257 e. The number of anilines is 1. The Hall–Kier alpha value is -2.25. The van der Waals surface area contributed by atoms with Crippen LogP contribution in [0.25, 0.3) is 0 Å². The number of carbonyl (C=O) groups is 1. The van der Waals surface area contributed by atoms with Gasteiger partial charge in [0, 0.05) is 11.6 Å². The van der Waals surface area contributed by atoms with Crippen molar-refractivity contribution in [3.05, 3.63) is 59.1 Å². The maximum absolute atomic E-state index is 12.3. The molecule has 0 saturated heterocycles. The highest BCUT2D eigenvalue weighted by Crippen LogP contribution is 2.24. The number of ether oxygens (including phenoxy) is 1. The maximum Gasteiger partial charge on any atom is 0.257 e. The van der Waals surface area contributed by atoms with Crippen molar-refractivity contribution in [3.8, 4) is 5.75 Å². The van der Waals surface area contributed by atoms with E-state index in [0.29, 0.717) is 23.0 Å². The highest BCUT2D eigenvalue weighted by molar-refractivity contribution is 7.92. The van der Waals surface area contributed by atoms with Crippen LogP contribution in [0.2, 0.25) is 5.02 Å². The van der Waals surface area contributed by atoms with E-state index in [4.69, 9.17) is 16.3 Å². The number of amides is 1. The average molecular weight is 439 g/mol. The van der Waals surface area contributed by atoms with Crippen LogP contribution in [0.3, 0.4) is 0 Å². The normalized spacial score (nSPS) is 11.1. The zero-order valence-electron chi connectivity index (χ0n) is 16.7. The Bertz CT molecular complexity index is 884. The second-order valence-corrected chi connectivity index (χ2v) is 9.08. The van der Waals surface area contributed by atoms with Crippen LogP contribution in [0.4, 0.5) is 5.69 Å². The molecular weight excluding hydrogens is 412 g/mol. The van der Waals surface area contributed by atoms with E-state index >= 15 is 0 Å². The van der Waals surface area contributed by atoms with E-state index in [0.717, 1.165) is 31.1 Å². The lowest BCUT2D eigenvalue weighted by atomic mass is 10.2. The zero-order valence-corrected chi connectivity index (χ0v) is 18.3. The number of hydrogen-bond donors (Lipinski definition) is 1. The standard InChI is InChI=1S/C21H27ClN2O4S/c1-3-4-5-14-23-21(25)16-28-20-12-10-19(11-13-20)24(29(2,26)27)15-17-6-8-18(22)9-7-17/h6-13H,3-5,14-16H2,1-2H3,(H,23,25). The van der Waals surface area contributed by atoms with Gasteiger partial charge in [-0.15, -0.1) is 0 Å². The van der Waals surface area contributed by atoms with Crippen molar-refractivity contribution in [2.75, 3.05) is 23.7 Å². The Morgan fingerprint density at radius 3 is 2.31 bits per heavy atom. The first-order valence-corrected chi connectivity index (χ1v) is 11.7. The molecule has 158 valence electrons. The highest BCUT2D eigenvalue weighted by atomic mass is 35.5. The summed E-state index contributed by atoms with van der Waals surface area (Å²) in [5.74, 6) is 0.322. The maximum atomic E-state index is 12.3. The molecule has 0 aliphatic rings. The largest absolute Gasteiger partial charge is 0.484 e. The Morgan fingerprint density at radius 1 is 1.07 bits per heavy atom. The van der Waals surface area contributed by atoms with E-state index < -0.39 is 10.0 Å². The summed E-state index contributed by atoms with van der Waals surface area (Å²) in [5, 5.41) is 3.40. The van der Waals surface area contributed by atoms with Gasteiger partial charge in [-0.1, -0.05) is 43.5 Å². The summed E-state index contributed by atoms with van der Waals surface area (Å²) in [6.45, 7) is 2.86. The molecule has 0 atom stereocenters. The van der Waals surface area contributed by atoms with Crippen molar-refractivity contribution >= 4 is 33.2 Å². The molecule has 29 heavy (non-hydrogen) atoms. The summed E-state index contributed by atoms with van der Waals surface area (Å²) in [5.41, 5.74) is 1.33. The summed E-state index contributed by atoms with van der Waals surface area (Å²) < 4.78 is 31.3. The lowest BCUT2D eigenvalue weighted by molar-refractivity contribution is -0.123. The van der Waals surface area contributed by atoms with Gasteiger partial charge in [0.05, 0.1) is 18.5 Å². The number of benzene rings is 2. The van der Waals surface area contributed by atoms with Gasteiger partial charge in [-0.3, -0.25) is 9.10 Å². The van der Waals surface area contributed by atoms with Gasteiger partial charge in [0.2, 0.25) is 10.0 Å². The lowest BCUT2D eigenvalue weighted by Gasteiger charge is -2.23. The molecule has 2 aromatic rings. The quantitative estimate of drug-likeness (QED) is 0.538. The molecule has 0 aliphatic carbocycles. The van der Waals surface area contributed by atoms with Crippen molar-refractivity contribution in [3.63, 3.8) is 0 Å². The molecule has 2 aromatic carbocycles. The van der Waals surface area contributed by atoms with E-state index in [-0.39, 0.29) is 19.1 Å². The molecule has 6 nitrogen and oxygen atoms in total. The van der Waals surface area contributed by atoms with Gasteiger partial charge in [-0.25, -0.2) is 8.42 Å². The predicted octanol–water partition coefficient (Wildman–Crippen LogP) is 3.99. The number of unbranched alkanes of at least 4 members (excludes halogenated alkanes) is 2. The number of rotatable bonds is 11. The fourth-order valence-corrected chi connectivity index (χ4v) is 3.68. The SMILES string of the molecule is CCCCCNC(=O)COc1ccc(N(Cc2ccc(Cl)cc2)S(C)(=O)=O)cc1. The predicted molar refractivity (Wildman–Crippen MR) is 117 cm³/mol. The summed E-state index contributed by atoms with van der Waals surface area (Å²) >= 11 is 5.89. The van der Waals surface area contributed by atoms with Crippen LogP contribution in [0.1, 0.15) is 31.7 Å². The van der Waals surface area contributed by atoms with Gasteiger partial charge in [-0.2, -0.15) is 0 Å². The minimum atomic E-state index is -3.48. The topological polar surface area (TPSA) is 75.7 Å². The van der Waals surface area contributed by atoms with Gasteiger partial charge in [-0.05, 0) is 48.4 Å². The van der Waals surface area contributed by atoms with E-state index in [1.807, 2.05) is 0 Å². The van der Waals surface area contributed by atoms with Gasteiger partial charge < -0.3 is 10.1 Å². The first kappa shape index (κ1) is 23.0. The Morgan fingerprint density at radius 2 is 1.72 bits per heavy atom. The van der Waals surface area contributed by atoms with Crippen molar-refractivity contribution in [2.45, 2.75) is 32.7 Å². The Balaban J connectivity index is 1.98. The molecule has 0 fully saturated rings. The van der Waals surface area contributed by atoms with Crippen LogP contribution in [0, 0.1) is 0 Å². The van der Waals surface area contributed by atoms with E-state index in [2.05, 4.69) is 12.2 Å². The molecule has 0 spiro atoms. The summed E-state index contributed by atoms with van der Waals surface area (Å²) in [7, 11) is -3.48. The van der Waals surface area contributed by atoms with Crippen LogP contribution in [-0.2, 0) is 21.4 Å². The van der Waals surface area contributed by atoms with Gasteiger partial charge >= 0.3 is 0 Å². The third-order valence-corrected chi connectivity index (χ3v) is 5.63. The summed E-state index contributed by atoms with van der Waals surface area (Å²) in [6.07, 6.45) is 4.29. The molecule has 1 N–H and O–H groups in total.